The Balaban J connectivity index is 2.02. The van der Waals surface area contributed by atoms with Gasteiger partial charge in [0.25, 0.3) is 0 Å². The van der Waals surface area contributed by atoms with Crippen molar-refractivity contribution in [1.82, 2.24) is 9.80 Å². The molecule has 1 aliphatic heterocycles. The molecule has 21 heavy (non-hydrogen) atoms. The smallest absolute Gasteiger partial charge is 0.123 e. The van der Waals surface area contributed by atoms with Crippen LogP contribution >= 0.6 is 0 Å². The van der Waals surface area contributed by atoms with E-state index in [0.29, 0.717) is 0 Å². The van der Waals surface area contributed by atoms with Crippen LogP contribution < -0.4 is 5.73 Å². The summed E-state index contributed by atoms with van der Waals surface area (Å²) in [6, 6.07) is 7.03. The highest BCUT2D eigenvalue weighted by atomic mass is 19.1. The molecule has 0 amide bonds. The van der Waals surface area contributed by atoms with Crippen molar-refractivity contribution < 1.29 is 4.39 Å². The van der Waals surface area contributed by atoms with Crippen LogP contribution in [-0.4, -0.2) is 49.6 Å². The molecular weight excluding hydrogens is 265 g/mol. The first-order valence-corrected chi connectivity index (χ1v) is 7.87. The molecule has 0 saturated carbocycles. The molecule has 1 saturated heterocycles. The molecule has 118 valence electrons. The summed E-state index contributed by atoms with van der Waals surface area (Å²) < 4.78 is 13.1. The van der Waals surface area contributed by atoms with Gasteiger partial charge in [0, 0.05) is 18.6 Å². The number of hydrogen-bond acceptors (Lipinski definition) is 3. The molecule has 2 N–H and O–H groups in total. The average Bonchev–Trinajstić information content (AvgIpc) is 2.42. The van der Waals surface area contributed by atoms with Gasteiger partial charge in [-0.2, -0.15) is 0 Å². The Morgan fingerprint density at radius 3 is 2.29 bits per heavy atom. The van der Waals surface area contributed by atoms with Crippen molar-refractivity contribution in [2.75, 3.05) is 33.7 Å². The molecule has 1 aromatic carbocycles. The van der Waals surface area contributed by atoms with Crippen LogP contribution in [0.4, 0.5) is 4.39 Å². The van der Waals surface area contributed by atoms with Gasteiger partial charge >= 0.3 is 0 Å². The normalized spacial score (nSPS) is 20.7. The molecule has 0 spiro atoms. The van der Waals surface area contributed by atoms with Crippen molar-refractivity contribution >= 4 is 0 Å². The highest BCUT2D eigenvalue weighted by molar-refractivity contribution is 5.21. The summed E-state index contributed by atoms with van der Waals surface area (Å²) in [5, 5.41) is 0. The zero-order valence-corrected chi connectivity index (χ0v) is 13.4. The fourth-order valence-electron chi connectivity index (χ4n) is 3.44. The molecule has 0 aliphatic carbocycles. The lowest BCUT2D eigenvalue weighted by molar-refractivity contribution is 0.108. The maximum atomic E-state index is 13.1. The Morgan fingerprint density at radius 1 is 1.24 bits per heavy atom. The lowest BCUT2D eigenvalue weighted by Crippen LogP contribution is -2.44. The van der Waals surface area contributed by atoms with Crippen molar-refractivity contribution in [1.29, 1.82) is 0 Å². The maximum absolute atomic E-state index is 13.1. The second kappa shape index (κ2) is 7.34. The summed E-state index contributed by atoms with van der Waals surface area (Å²) in [7, 11) is 4.27. The van der Waals surface area contributed by atoms with Crippen LogP contribution in [0.1, 0.15) is 31.4 Å². The van der Waals surface area contributed by atoms with Crippen molar-refractivity contribution in [3.8, 4) is 0 Å². The molecule has 3 nitrogen and oxygen atoms in total. The number of nitrogens with two attached hydrogens (primary N) is 1. The summed E-state index contributed by atoms with van der Waals surface area (Å²) in [6.07, 6.45) is 2.42. The van der Waals surface area contributed by atoms with Crippen molar-refractivity contribution in [3.63, 3.8) is 0 Å². The maximum Gasteiger partial charge on any atom is 0.123 e. The van der Waals surface area contributed by atoms with Crippen molar-refractivity contribution in [2.45, 2.75) is 31.8 Å². The lowest BCUT2D eigenvalue weighted by atomic mass is 9.92. The van der Waals surface area contributed by atoms with E-state index in [1.807, 2.05) is 19.1 Å². The average molecular weight is 293 g/mol. The molecule has 2 unspecified atom stereocenters. The molecule has 0 radical (unpaired) electrons. The third-order valence-corrected chi connectivity index (χ3v) is 4.38. The van der Waals surface area contributed by atoms with Gasteiger partial charge in [0.05, 0.1) is 0 Å². The highest BCUT2D eigenvalue weighted by Crippen LogP contribution is 2.29. The predicted molar refractivity (Wildman–Crippen MR) is 85.6 cm³/mol. The first-order valence-electron chi connectivity index (χ1n) is 7.87. The molecule has 1 fully saturated rings. The third-order valence-electron chi connectivity index (χ3n) is 4.38. The van der Waals surface area contributed by atoms with E-state index in [0.717, 1.165) is 31.1 Å². The summed E-state index contributed by atoms with van der Waals surface area (Å²) in [4.78, 5) is 4.73. The molecule has 1 aromatic rings. The van der Waals surface area contributed by atoms with Gasteiger partial charge in [-0.25, -0.2) is 4.39 Å². The number of benzene rings is 1. The second-order valence-corrected chi connectivity index (χ2v) is 6.60. The SMILES string of the molecule is CC(N)C(c1ccc(F)cc1)N1CCC(CN(C)C)CC1. The molecule has 1 aliphatic rings. The zero-order valence-electron chi connectivity index (χ0n) is 13.4. The van der Waals surface area contributed by atoms with Crippen LogP contribution in [0.15, 0.2) is 24.3 Å². The fourth-order valence-corrected chi connectivity index (χ4v) is 3.44. The lowest BCUT2D eigenvalue weighted by Gasteiger charge is -2.40. The first-order chi connectivity index (χ1) is 9.97. The van der Waals surface area contributed by atoms with Gasteiger partial charge in [-0.3, -0.25) is 4.90 Å². The van der Waals surface area contributed by atoms with Crippen LogP contribution in [-0.2, 0) is 0 Å². The topological polar surface area (TPSA) is 32.5 Å². The van der Waals surface area contributed by atoms with E-state index in [1.165, 1.54) is 25.0 Å². The highest BCUT2D eigenvalue weighted by Gasteiger charge is 2.28. The van der Waals surface area contributed by atoms with Crippen LogP contribution in [0, 0.1) is 11.7 Å². The fraction of sp³-hybridized carbons (Fsp3) is 0.647. The first kappa shape index (κ1) is 16.4. The quantitative estimate of drug-likeness (QED) is 0.905. The van der Waals surface area contributed by atoms with Crippen molar-refractivity contribution in [2.24, 2.45) is 11.7 Å². The predicted octanol–water partition coefficient (Wildman–Crippen LogP) is 2.49. The van der Waals surface area contributed by atoms with Gasteiger partial charge < -0.3 is 10.6 Å². The molecule has 4 heteroatoms. The van der Waals surface area contributed by atoms with E-state index in [-0.39, 0.29) is 17.9 Å². The number of rotatable bonds is 5. The summed E-state index contributed by atoms with van der Waals surface area (Å²) >= 11 is 0. The monoisotopic (exact) mass is 293 g/mol. The number of hydrogen-bond donors (Lipinski definition) is 1. The minimum absolute atomic E-state index is 0.0425. The molecule has 2 rings (SSSR count). The summed E-state index contributed by atoms with van der Waals surface area (Å²) in [5.41, 5.74) is 7.33. The number of likely N-dealkylation sites (tertiary alicyclic amines) is 1. The Morgan fingerprint density at radius 2 is 1.81 bits per heavy atom. The Hall–Kier alpha value is -0.970. The van der Waals surface area contributed by atoms with Gasteiger partial charge in [0.2, 0.25) is 0 Å². The van der Waals surface area contributed by atoms with Gasteiger partial charge in [-0.05, 0) is 70.6 Å². The van der Waals surface area contributed by atoms with Crippen LogP contribution in [0.25, 0.3) is 0 Å². The minimum atomic E-state index is -0.188. The summed E-state index contributed by atoms with van der Waals surface area (Å²) in [6.45, 7) is 5.34. The van der Waals surface area contributed by atoms with Crippen LogP contribution in [0.2, 0.25) is 0 Å². The van der Waals surface area contributed by atoms with E-state index < -0.39 is 0 Å². The minimum Gasteiger partial charge on any atom is -0.326 e. The summed E-state index contributed by atoms with van der Waals surface area (Å²) in [5.74, 6) is 0.588. The van der Waals surface area contributed by atoms with Gasteiger partial charge in [0.15, 0.2) is 0 Å². The second-order valence-electron chi connectivity index (χ2n) is 6.60. The van der Waals surface area contributed by atoms with E-state index in [9.17, 15) is 4.39 Å². The van der Waals surface area contributed by atoms with E-state index in [2.05, 4.69) is 23.9 Å². The zero-order chi connectivity index (χ0) is 15.4. The number of nitrogens with zero attached hydrogens (tertiary/aromatic N) is 2. The Bertz CT molecular complexity index is 422. The van der Waals surface area contributed by atoms with Crippen LogP contribution in [0.5, 0.6) is 0 Å². The Labute approximate surface area is 127 Å². The van der Waals surface area contributed by atoms with E-state index >= 15 is 0 Å². The van der Waals surface area contributed by atoms with Gasteiger partial charge in [0.1, 0.15) is 5.82 Å². The Kier molecular flexibility index (Phi) is 5.73. The van der Waals surface area contributed by atoms with Crippen molar-refractivity contribution in [3.05, 3.63) is 35.6 Å². The number of piperidine rings is 1. The number of halogens is 1. The molecular formula is C17H28FN3. The third kappa shape index (κ3) is 4.50. The van der Waals surface area contributed by atoms with E-state index in [4.69, 9.17) is 5.73 Å². The molecule has 1 heterocycles. The molecule has 0 aromatic heterocycles. The largest absolute Gasteiger partial charge is 0.326 e. The van der Waals surface area contributed by atoms with Gasteiger partial charge in [-0.15, -0.1) is 0 Å². The molecule has 0 bridgehead atoms. The standard InChI is InChI=1S/C17H28FN3/c1-13(19)17(15-4-6-16(18)7-5-15)21-10-8-14(9-11-21)12-20(2)3/h4-7,13-14,17H,8-12,19H2,1-3H3. The van der Waals surface area contributed by atoms with E-state index in [1.54, 1.807) is 0 Å². The van der Waals surface area contributed by atoms with Crippen LogP contribution in [0.3, 0.4) is 0 Å². The van der Waals surface area contributed by atoms with Gasteiger partial charge in [-0.1, -0.05) is 12.1 Å². The molecule has 2 atom stereocenters.